The number of benzene rings is 5. The van der Waals surface area contributed by atoms with Crippen LogP contribution in [0.25, 0.3) is 56.5 Å². The molecule has 0 bridgehead atoms. The van der Waals surface area contributed by atoms with Gasteiger partial charge in [-0.1, -0.05) is 105 Å². The van der Waals surface area contributed by atoms with E-state index in [0.717, 1.165) is 39.3 Å². The predicted octanol–water partition coefficient (Wildman–Crippen LogP) is 10.1. The zero-order chi connectivity index (χ0) is 31.5. The Morgan fingerprint density at radius 3 is 2.04 bits per heavy atom. The molecule has 0 atom stereocenters. The highest BCUT2D eigenvalue weighted by atomic mass is 16.6. The third-order valence-corrected chi connectivity index (χ3v) is 9.06. The number of fused-ring (bicyclic) bond motifs is 6. The van der Waals surface area contributed by atoms with Gasteiger partial charge in [-0.15, -0.1) is 0 Å². The molecule has 224 valence electrons. The van der Waals surface area contributed by atoms with Gasteiger partial charge in [0.1, 0.15) is 5.69 Å². The van der Waals surface area contributed by atoms with Crippen molar-refractivity contribution in [3.05, 3.63) is 145 Å². The summed E-state index contributed by atoms with van der Waals surface area (Å²) in [6.45, 7) is 4.53. The Labute approximate surface area is 272 Å². The van der Waals surface area contributed by atoms with Crippen LogP contribution in [-0.4, -0.2) is 19.9 Å². The Hall–Kier alpha value is -6.14. The SMILES string of the molecule is CC1(C)c2ccccc2-c2c1ccc1c2Oc2ccc(-c3cccc(-c4nc(-c5ccccc5)nc(-c5ccccn5)n4)c3)cc2O1. The second-order valence-corrected chi connectivity index (χ2v) is 12.3. The molecule has 6 heteroatoms. The fourth-order valence-electron chi connectivity index (χ4n) is 6.67. The smallest absolute Gasteiger partial charge is 0.182 e. The highest BCUT2D eigenvalue weighted by molar-refractivity contribution is 5.88. The van der Waals surface area contributed by atoms with Crippen molar-refractivity contribution in [1.29, 1.82) is 0 Å². The molecule has 9 rings (SSSR count). The Morgan fingerprint density at radius 2 is 1.19 bits per heavy atom. The summed E-state index contributed by atoms with van der Waals surface area (Å²) in [6.07, 6.45) is 1.74. The third kappa shape index (κ3) is 4.49. The van der Waals surface area contributed by atoms with Crippen molar-refractivity contribution in [2.75, 3.05) is 0 Å². The molecule has 0 spiro atoms. The largest absolute Gasteiger partial charge is 0.449 e. The van der Waals surface area contributed by atoms with Gasteiger partial charge in [-0.25, -0.2) is 15.0 Å². The van der Waals surface area contributed by atoms with Crippen LogP contribution in [-0.2, 0) is 5.41 Å². The molecule has 47 heavy (non-hydrogen) atoms. The molecule has 0 radical (unpaired) electrons. The van der Waals surface area contributed by atoms with Crippen LogP contribution in [0.1, 0.15) is 25.0 Å². The lowest BCUT2D eigenvalue weighted by Gasteiger charge is -2.25. The van der Waals surface area contributed by atoms with Crippen molar-refractivity contribution in [3.63, 3.8) is 0 Å². The summed E-state index contributed by atoms with van der Waals surface area (Å²) in [5, 5.41) is 0. The summed E-state index contributed by atoms with van der Waals surface area (Å²) < 4.78 is 13.1. The Balaban J connectivity index is 1.09. The van der Waals surface area contributed by atoms with Gasteiger partial charge in [0.2, 0.25) is 0 Å². The van der Waals surface area contributed by atoms with Crippen LogP contribution in [0.15, 0.2) is 134 Å². The summed E-state index contributed by atoms with van der Waals surface area (Å²) in [7, 11) is 0. The van der Waals surface area contributed by atoms with Crippen LogP contribution in [0.3, 0.4) is 0 Å². The first-order valence-corrected chi connectivity index (χ1v) is 15.6. The van der Waals surface area contributed by atoms with E-state index in [1.807, 2.05) is 78.9 Å². The molecule has 0 amide bonds. The van der Waals surface area contributed by atoms with Gasteiger partial charge in [0.05, 0.1) is 0 Å². The fraction of sp³-hybridized carbons (Fsp3) is 0.0732. The van der Waals surface area contributed by atoms with E-state index in [-0.39, 0.29) is 5.41 Å². The van der Waals surface area contributed by atoms with Gasteiger partial charge in [-0.3, -0.25) is 4.98 Å². The maximum absolute atomic E-state index is 6.61. The zero-order valence-electron chi connectivity index (χ0n) is 25.8. The van der Waals surface area contributed by atoms with E-state index < -0.39 is 0 Å². The van der Waals surface area contributed by atoms with Crippen molar-refractivity contribution in [1.82, 2.24) is 19.9 Å². The molecule has 2 aromatic heterocycles. The van der Waals surface area contributed by atoms with Gasteiger partial charge >= 0.3 is 0 Å². The number of ether oxygens (including phenoxy) is 2. The fourth-order valence-corrected chi connectivity index (χ4v) is 6.67. The highest BCUT2D eigenvalue weighted by Crippen LogP contribution is 2.58. The molecule has 3 heterocycles. The number of nitrogens with zero attached hydrogens (tertiary/aromatic N) is 4. The molecule has 1 aliphatic heterocycles. The molecule has 0 fully saturated rings. The predicted molar refractivity (Wildman–Crippen MR) is 184 cm³/mol. The number of rotatable bonds is 4. The van der Waals surface area contributed by atoms with Gasteiger partial charge in [0.25, 0.3) is 0 Å². The maximum atomic E-state index is 6.61. The van der Waals surface area contributed by atoms with E-state index >= 15 is 0 Å². The summed E-state index contributed by atoms with van der Waals surface area (Å²) in [4.78, 5) is 19.0. The Bertz CT molecular complexity index is 2280. The molecule has 2 aliphatic rings. The van der Waals surface area contributed by atoms with E-state index in [9.17, 15) is 0 Å². The van der Waals surface area contributed by atoms with E-state index in [4.69, 9.17) is 24.4 Å². The van der Waals surface area contributed by atoms with Gasteiger partial charge < -0.3 is 9.47 Å². The Kier molecular flexibility index (Phi) is 6.05. The second kappa shape index (κ2) is 10.5. The van der Waals surface area contributed by atoms with Gasteiger partial charge in [0, 0.05) is 28.3 Å². The number of hydrogen-bond donors (Lipinski definition) is 0. The minimum atomic E-state index is -0.113. The minimum absolute atomic E-state index is 0.113. The van der Waals surface area contributed by atoms with Gasteiger partial charge in [-0.2, -0.15) is 0 Å². The molecule has 0 unspecified atom stereocenters. The number of aromatic nitrogens is 4. The average Bonchev–Trinajstić information content (AvgIpc) is 3.37. The molecule has 6 nitrogen and oxygen atoms in total. The van der Waals surface area contributed by atoms with E-state index in [2.05, 4.69) is 67.4 Å². The van der Waals surface area contributed by atoms with Gasteiger partial charge in [0.15, 0.2) is 40.5 Å². The van der Waals surface area contributed by atoms with Crippen LogP contribution in [0, 0.1) is 0 Å². The van der Waals surface area contributed by atoms with Crippen LogP contribution < -0.4 is 9.47 Å². The van der Waals surface area contributed by atoms with Crippen LogP contribution in [0.5, 0.6) is 23.0 Å². The quantitative estimate of drug-likeness (QED) is 0.198. The summed E-state index contributed by atoms with van der Waals surface area (Å²) in [5.74, 6) is 4.55. The van der Waals surface area contributed by atoms with E-state index in [1.54, 1.807) is 6.20 Å². The molecule has 5 aromatic carbocycles. The number of pyridine rings is 1. The molecule has 0 saturated carbocycles. The first-order chi connectivity index (χ1) is 23.0. The zero-order valence-corrected chi connectivity index (χ0v) is 25.8. The molecule has 7 aromatic rings. The van der Waals surface area contributed by atoms with Crippen molar-refractivity contribution in [2.45, 2.75) is 19.3 Å². The van der Waals surface area contributed by atoms with E-state index in [1.165, 1.54) is 16.7 Å². The molecular weight excluding hydrogens is 580 g/mol. The lowest BCUT2D eigenvalue weighted by molar-refractivity contribution is 0.360. The van der Waals surface area contributed by atoms with Crippen molar-refractivity contribution in [2.24, 2.45) is 0 Å². The average molecular weight is 609 g/mol. The summed E-state index contributed by atoms with van der Waals surface area (Å²) in [5.41, 5.74) is 9.22. The second-order valence-electron chi connectivity index (χ2n) is 12.3. The molecule has 1 aliphatic carbocycles. The molecular formula is C41H28N4O2. The normalized spacial score (nSPS) is 13.4. The Morgan fingerprint density at radius 1 is 0.489 bits per heavy atom. The lowest BCUT2D eigenvalue weighted by atomic mass is 9.82. The van der Waals surface area contributed by atoms with Crippen LogP contribution >= 0.6 is 0 Å². The van der Waals surface area contributed by atoms with Crippen molar-refractivity contribution >= 4 is 0 Å². The summed E-state index contributed by atoms with van der Waals surface area (Å²) >= 11 is 0. The van der Waals surface area contributed by atoms with Crippen molar-refractivity contribution < 1.29 is 9.47 Å². The topological polar surface area (TPSA) is 70.0 Å². The minimum Gasteiger partial charge on any atom is -0.449 e. The van der Waals surface area contributed by atoms with Gasteiger partial charge in [-0.05, 0) is 64.2 Å². The van der Waals surface area contributed by atoms with Crippen LogP contribution in [0.2, 0.25) is 0 Å². The molecule has 0 saturated heterocycles. The lowest BCUT2D eigenvalue weighted by Crippen LogP contribution is -2.15. The van der Waals surface area contributed by atoms with E-state index in [0.29, 0.717) is 34.7 Å². The monoisotopic (exact) mass is 608 g/mol. The van der Waals surface area contributed by atoms with Crippen molar-refractivity contribution in [3.8, 4) is 79.5 Å². The standard InChI is InChI=1S/C41H28N4O2/c1-41(2)30-16-7-6-15-29(30)36-31(41)19-21-34-37(36)47-33-20-18-27(24-35(33)46-34)26-13-10-14-28(23-26)39-43-38(25-11-4-3-5-12-25)44-40(45-39)32-17-8-9-22-42-32/h3-24H,1-2H3. The first-order valence-electron chi connectivity index (χ1n) is 15.6. The third-order valence-electron chi connectivity index (χ3n) is 9.06. The number of hydrogen-bond acceptors (Lipinski definition) is 6. The first kappa shape index (κ1) is 27.2. The molecule has 0 N–H and O–H groups in total. The maximum Gasteiger partial charge on any atom is 0.182 e. The summed E-state index contributed by atoms with van der Waals surface area (Å²) in [6, 6.07) is 42.7. The van der Waals surface area contributed by atoms with Crippen LogP contribution in [0.4, 0.5) is 0 Å². The highest BCUT2D eigenvalue weighted by Gasteiger charge is 2.39.